The Morgan fingerprint density at radius 1 is 0.846 bits per heavy atom. The molecule has 0 atom stereocenters. The summed E-state index contributed by atoms with van der Waals surface area (Å²) in [4.78, 5) is 12.2. The van der Waals surface area contributed by atoms with Gasteiger partial charge in [0.1, 0.15) is 0 Å². The van der Waals surface area contributed by atoms with Crippen LogP contribution in [0.4, 0.5) is 0 Å². The predicted octanol–water partition coefficient (Wildman–Crippen LogP) is 4.11. The first-order valence-electron chi connectivity index (χ1n) is 8.65. The summed E-state index contributed by atoms with van der Waals surface area (Å²) >= 11 is 0. The zero-order valence-corrected chi connectivity index (χ0v) is 15.1. The number of amides is 1. The van der Waals surface area contributed by atoms with Crippen LogP contribution < -0.4 is 14.8 Å². The molecule has 0 aliphatic heterocycles. The lowest BCUT2D eigenvalue weighted by Gasteiger charge is -2.10. The van der Waals surface area contributed by atoms with Gasteiger partial charge in [0, 0.05) is 13.0 Å². The molecule has 0 saturated carbocycles. The van der Waals surface area contributed by atoms with Crippen molar-refractivity contribution in [1.29, 1.82) is 0 Å². The monoisotopic (exact) mass is 349 g/mol. The first-order valence-corrected chi connectivity index (χ1v) is 8.65. The molecule has 134 valence electrons. The van der Waals surface area contributed by atoms with Crippen molar-refractivity contribution in [3.05, 3.63) is 71.8 Å². The third kappa shape index (κ3) is 4.33. The molecule has 1 amide bonds. The van der Waals surface area contributed by atoms with E-state index in [0.29, 0.717) is 30.9 Å². The topological polar surface area (TPSA) is 47.6 Å². The molecule has 4 nitrogen and oxygen atoms in total. The number of rotatable bonds is 7. The molecule has 1 N–H and O–H groups in total. The Hall–Kier alpha value is -3.01. The van der Waals surface area contributed by atoms with Crippen molar-refractivity contribution in [3.8, 4) is 11.5 Å². The predicted molar refractivity (Wildman–Crippen MR) is 104 cm³/mol. The van der Waals surface area contributed by atoms with E-state index in [4.69, 9.17) is 9.47 Å². The molecular weight excluding hydrogens is 326 g/mol. The molecule has 0 aromatic heterocycles. The van der Waals surface area contributed by atoms with Crippen molar-refractivity contribution in [1.82, 2.24) is 5.32 Å². The van der Waals surface area contributed by atoms with E-state index in [1.807, 2.05) is 30.3 Å². The Labute approximate surface area is 153 Å². The van der Waals surface area contributed by atoms with Crippen molar-refractivity contribution in [3.63, 3.8) is 0 Å². The van der Waals surface area contributed by atoms with Crippen LogP contribution in [0, 0.1) is 0 Å². The van der Waals surface area contributed by atoms with Gasteiger partial charge in [-0.15, -0.1) is 0 Å². The van der Waals surface area contributed by atoms with E-state index in [9.17, 15) is 4.79 Å². The van der Waals surface area contributed by atoms with Crippen LogP contribution in [0.2, 0.25) is 0 Å². The van der Waals surface area contributed by atoms with Gasteiger partial charge >= 0.3 is 0 Å². The molecule has 3 rings (SSSR count). The maximum Gasteiger partial charge on any atom is 0.220 e. The van der Waals surface area contributed by atoms with Crippen LogP contribution in [0.15, 0.2) is 60.7 Å². The van der Waals surface area contributed by atoms with Crippen LogP contribution in [-0.4, -0.2) is 20.1 Å². The lowest BCUT2D eigenvalue weighted by molar-refractivity contribution is -0.121. The Morgan fingerprint density at radius 2 is 1.58 bits per heavy atom. The number of nitrogens with one attached hydrogen (secondary N) is 1. The van der Waals surface area contributed by atoms with Crippen molar-refractivity contribution in [2.45, 2.75) is 19.4 Å². The second kappa shape index (κ2) is 8.39. The Balaban J connectivity index is 1.53. The van der Waals surface area contributed by atoms with Crippen LogP contribution in [0.5, 0.6) is 11.5 Å². The maximum atomic E-state index is 12.2. The summed E-state index contributed by atoms with van der Waals surface area (Å²) in [6, 6.07) is 20.2. The molecule has 3 aromatic rings. The first-order chi connectivity index (χ1) is 12.7. The highest BCUT2D eigenvalue weighted by molar-refractivity contribution is 5.83. The number of fused-ring (bicyclic) bond motifs is 1. The van der Waals surface area contributed by atoms with E-state index in [1.54, 1.807) is 14.2 Å². The van der Waals surface area contributed by atoms with Crippen molar-refractivity contribution in [2.75, 3.05) is 14.2 Å². The molecule has 0 radical (unpaired) electrons. The van der Waals surface area contributed by atoms with E-state index in [1.165, 1.54) is 10.8 Å². The molecule has 0 bridgehead atoms. The maximum absolute atomic E-state index is 12.2. The SMILES string of the molecule is COc1ccc(CCC(=O)NCc2ccc3ccccc3c2)cc1OC. The van der Waals surface area contributed by atoms with Crippen molar-refractivity contribution in [2.24, 2.45) is 0 Å². The molecular formula is C22H23NO3. The van der Waals surface area contributed by atoms with Gasteiger partial charge in [-0.1, -0.05) is 42.5 Å². The van der Waals surface area contributed by atoms with E-state index in [0.717, 1.165) is 11.1 Å². The fraction of sp³-hybridized carbons (Fsp3) is 0.227. The summed E-state index contributed by atoms with van der Waals surface area (Å²) in [6.07, 6.45) is 1.09. The molecule has 0 unspecified atom stereocenters. The summed E-state index contributed by atoms with van der Waals surface area (Å²) < 4.78 is 10.5. The number of benzene rings is 3. The van der Waals surface area contributed by atoms with Crippen LogP contribution in [-0.2, 0) is 17.8 Å². The van der Waals surface area contributed by atoms with Gasteiger partial charge in [-0.2, -0.15) is 0 Å². The lowest BCUT2D eigenvalue weighted by Crippen LogP contribution is -2.22. The molecule has 3 aromatic carbocycles. The summed E-state index contributed by atoms with van der Waals surface area (Å²) in [7, 11) is 3.22. The highest BCUT2D eigenvalue weighted by Crippen LogP contribution is 2.27. The minimum absolute atomic E-state index is 0.0351. The van der Waals surface area contributed by atoms with E-state index >= 15 is 0 Å². The molecule has 26 heavy (non-hydrogen) atoms. The summed E-state index contributed by atoms with van der Waals surface area (Å²) in [5.74, 6) is 1.41. The molecule has 0 heterocycles. The van der Waals surface area contributed by atoms with Crippen LogP contribution in [0.3, 0.4) is 0 Å². The van der Waals surface area contributed by atoms with Crippen LogP contribution in [0.1, 0.15) is 17.5 Å². The Bertz CT molecular complexity index is 905. The number of hydrogen-bond donors (Lipinski definition) is 1. The molecule has 0 aliphatic carbocycles. The van der Waals surface area contributed by atoms with Gasteiger partial charge in [-0.25, -0.2) is 0 Å². The van der Waals surface area contributed by atoms with Crippen molar-refractivity contribution >= 4 is 16.7 Å². The lowest BCUT2D eigenvalue weighted by atomic mass is 10.1. The fourth-order valence-electron chi connectivity index (χ4n) is 2.93. The smallest absolute Gasteiger partial charge is 0.220 e. The number of methoxy groups -OCH3 is 2. The largest absolute Gasteiger partial charge is 0.493 e. The molecule has 0 fully saturated rings. The average Bonchev–Trinajstić information content (AvgIpc) is 2.70. The minimum Gasteiger partial charge on any atom is -0.493 e. The summed E-state index contributed by atoms with van der Waals surface area (Å²) in [5, 5.41) is 5.38. The Morgan fingerprint density at radius 3 is 2.35 bits per heavy atom. The fourth-order valence-corrected chi connectivity index (χ4v) is 2.93. The van der Waals surface area contributed by atoms with Gasteiger partial charge in [-0.3, -0.25) is 4.79 Å². The molecule has 0 aliphatic rings. The van der Waals surface area contributed by atoms with Crippen LogP contribution >= 0.6 is 0 Å². The number of aryl methyl sites for hydroxylation is 1. The van der Waals surface area contributed by atoms with Gasteiger partial charge in [0.05, 0.1) is 14.2 Å². The summed E-state index contributed by atoms with van der Waals surface area (Å²) in [5.41, 5.74) is 2.15. The molecule has 0 saturated heterocycles. The quantitative estimate of drug-likeness (QED) is 0.698. The Kier molecular flexibility index (Phi) is 5.74. The number of carbonyl (C=O) groups excluding carboxylic acids is 1. The number of ether oxygens (including phenoxy) is 2. The number of carbonyl (C=O) groups is 1. The highest BCUT2D eigenvalue weighted by Gasteiger charge is 2.07. The average molecular weight is 349 g/mol. The minimum atomic E-state index is 0.0351. The zero-order chi connectivity index (χ0) is 18.4. The third-order valence-electron chi connectivity index (χ3n) is 4.39. The van der Waals surface area contributed by atoms with Gasteiger partial charge in [0.25, 0.3) is 0 Å². The number of hydrogen-bond acceptors (Lipinski definition) is 3. The van der Waals surface area contributed by atoms with Gasteiger partial charge in [0.2, 0.25) is 5.91 Å². The first kappa shape index (κ1) is 17.8. The van der Waals surface area contributed by atoms with Crippen molar-refractivity contribution < 1.29 is 14.3 Å². The van der Waals surface area contributed by atoms with Gasteiger partial charge in [-0.05, 0) is 46.5 Å². The van der Waals surface area contributed by atoms with Crippen LogP contribution in [0.25, 0.3) is 10.8 Å². The zero-order valence-electron chi connectivity index (χ0n) is 15.1. The third-order valence-corrected chi connectivity index (χ3v) is 4.39. The summed E-state index contributed by atoms with van der Waals surface area (Å²) in [6.45, 7) is 0.537. The standard InChI is InChI=1S/C22H23NO3/c1-25-20-11-8-16(14-21(20)26-2)9-12-22(24)23-15-17-7-10-18-5-3-4-6-19(18)13-17/h3-8,10-11,13-14H,9,12,15H2,1-2H3,(H,23,24). The molecule has 4 heteroatoms. The second-order valence-corrected chi connectivity index (χ2v) is 6.15. The molecule has 0 spiro atoms. The van der Waals surface area contributed by atoms with E-state index in [2.05, 4.69) is 35.6 Å². The van der Waals surface area contributed by atoms with E-state index in [-0.39, 0.29) is 5.91 Å². The highest BCUT2D eigenvalue weighted by atomic mass is 16.5. The van der Waals surface area contributed by atoms with Gasteiger partial charge in [0.15, 0.2) is 11.5 Å². The van der Waals surface area contributed by atoms with Gasteiger partial charge < -0.3 is 14.8 Å². The van der Waals surface area contributed by atoms with E-state index < -0.39 is 0 Å². The second-order valence-electron chi connectivity index (χ2n) is 6.15. The normalized spacial score (nSPS) is 10.5.